The summed E-state index contributed by atoms with van der Waals surface area (Å²) >= 11 is 0. The molecule has 0 bridgehead atoms. The Morgan fingerprint density at radius 1 is 1.29 bits per heavy atom. The number of para-hydroxylation sites is 1. The maximum absolute atomic E-state index is 12.1. The summed E-state index contributed by atoms with van der Waals surface area (Å²) in [4.78, 5) is 0. The largest absolute Gasteiger partial charge is 0.394 e. The Bertz CT molecular complexity index is 457. The second kappa shape index (κ2) is 6.02. The molecule has 0 aromatic heterocycles. The van der Waals surface area contributed by atoms with Gasteiger partial charge in [0.25, 0.3) is 0 Å². The average molecular weight is 257 g/mol. The van der Waals surface area contributed by atoms with Crippen LogP contribution in [0.3, 0.4) is 0 Å². The molecule has 0 aliphatic carbocycles. The highest BCUT2D eigenvalue weighted by Gasteiger charge is 2.22. The average Bonchev–Trinajstić information content (AvgIpc) is 2.27. The Morgan fingerprint density at radius 2 is 1.94 bits per heavy atom. The van der Waals surface area contributed by atoms with Crippen LogP contribution in [-0.2, 0) is 10.0 Å². The van der Waals surface area contributed by atoms with Crippen LogP contribution >= 0.6 is 0 Å². The van der Waals surface area contributed by atoms with Crippen molar-refractivity contribution in [1.29, 1.82) is 0 Å². The van der Waals surface area contributed by atoms with E-state index in [-0.39, 0.29) is 18.9 Å². The number of hydrogen-bond donors (Lipinski definition) is 1. The Kier molecular flexibility index (Phi) is 4.96. The van der Waals surface area contributed by atoms with Crippen LogP contribution in [0.25, 0.3) is 0 Å². The Labute approximate surface area is 103 Å². The van der Waals surface area contributed by atoms with Crippen molar-refractivity contribution in [1.82, 2.24) is 0 Å². The van der Waals surface area contributed by atoms with Crippen LogP contribution in [0.1, 0.15) is 18.9 Å². The molecule has 0 aliphatic rings. The molecular formula is C12H19NO3S. The number of aliphatic hydroxyl groups excluding tert-OH is 1. The first-order chi connectivity index (χ1) is 8.03. The van der Waals surface area contributed by atoms with Gasteiger partial charge >= 0.3 is 0 Å². The zero-order valence-corrected chi connectivity index (χ0v) is 11.1. The number of hydrogen-bond acceptors (Lipinski definition) is 3. The van der Waals surface area contributed by atoms with Crippen LogP contribution in [0.4, 0.5) is 5.69 Å². The van der Waals surface area contributed by atoms with Gasteiger partial charge in [0.15, 0.2) is 0 Å². The minimum Gasteiger partial charge on any atom is -0.394 e. The standard InChI is InChI=1S/C12H19NO3S/c1-3-10-17(15,16)13(8-9-14)12-7-5-4-6-11(12)2/h4-7,14H,3,8-10H2,1-2H3. The fourth-order valence-corrected chi connectivity index (χ4v) is 3.31. The van der Waals surface area contributed by atoms with Gasteiger partial charge in [-0.2, -0.15) is 0 Å². The van der Waals surface area contributed by atoms with Crippen molar-refractivity contribution < 1.29 is 13.5 Å². The van der Waals surface area contributed by atoms with E-state index in [1.807, 2.05) is 26.0 Å². The van der Waals surface area contributed by atoms with Gasteiger partial charge in [-0.1, -0.05) is 25.1 Å². The van der Waals surface area contributed by atoms with Gasteiger partial charge in [0.1, 0.15) is 0 Å². The number of benzene rings is 1. The predicted octanol–water partition coefficient (Wildman–Crippen LogP) is 1.53. The molecular weight excluding hydrogens is 238 g/mol. The lowest BCUT2D eigenvalue weighted by atomic mass is 10.2. The van der Waals surface area contributed by atoms with Gasteiger partial charge in [-0.3, -0.25) is 4.31 Å². The minimum absolute atomic E-state index is 0.0985. The van der Waals surface area contributed by atoms with Gasteiger partial charge in [-0.15, -0.1) is 0 Å². The SMILES string of the molecule is CCCS(=O)(=O)N(CCO)c1ccccc1C. The lowest BCUT2D eigenvalue weighted by Gasteiger charge is -2.25. The molecule has 0 unspecified atom stereocenters. The fraction of sp³-hybridized carbons (Fsp3) is 0.500. The van der Waals surface area contributed by atoms with E-state index in [4.69, 9.17) is 5.11 Å². The monoisotopic (exact) mass is 257 g/mol. The van der Waals surface area contributed by atoms with Crippen LogP contribution in [0.5, 0.6) is 0 Å². The zero-order valence-electron chi connectivity index (χ0n) is 10.3. The summed E-state index contributed by atoms with van der Waals surface area (Å²) in [5.74, 6) is 0.0985. The van der Waals surface area contributed by atoms with Crippen molar-refractivity contribution in [2.24, 2.45) is 0 Å². The third-order valence-corrected chi connectivity index (χ3v) is 4.46. The highest BCUT2D eigenvalue weighted by atomic mass is 32.2. The van der Waals surface area contributed by atoms with Crippen molar-refractivity contribution >= 4 is 15.7 Å². The molecule has 1 rings (SSSR count). The van der Waals surface area contributed by atoms with E-state index in [9.17, 15) is 8.42 Å². The summed E-state index contributed by atoms with van der Waals surface area (Å²) in [6.45, 7) is 3.61. The van der Waals surface area contributed by atoms with Crippen LogP contribution in [-0.4, -0.2) is 32.4 Å². The molecule has 0 atom stereocenters. The highest BCUT2D eigenvalue weighted by molar-refractivity contribution is 7.92. The van der Waals surface area contributed by atoms with Crippen molar-refractivity contribution in [3.8, 4) is 0 Å². The molecule has 1 N–H and O–H groups in total. The fourth-order valence-electron chi connectivity index (χ4n) is 1.71. The van der Waals surface area contributed by atoms with Crippen molar-refractivity contribution in [2.75, 3.05) is 23.2 Å². The molecule has 0 radical (unpaired) electrons. The molecule has 0 saturated heterocycles. The van der Waals surface area contributed by atoms with E-state index in [2.05, 4.69) is 0 Å². The van der Waals surface area contributed by atoms with Crippen molar-refractivity contribution in [3.63, 3.8) is 0 Å². The van der Waals surface area contributed by atoms with Crippen molar-refractivity contribution in [2.45, 2.75) is 20.3 Å². The molecule has 17 heavy (non-hydrogen) atoms. The number of aryl methyl sites for hydroxylation is 1. The van der Waals surface area contributed by atoms with E-state index < -0.39 is 10.0 Å². The first-order valence-corrected chi connectivity index (χ1v) is 7.30. The molecule has 0 spiro atoms. The summed E-state index contributed by atoms with van der Waals surface area (Å²) < 4.78 is 25.5. The number of aliphatic hydroxyl groups is 1. The summed E-state index contributed by atoms with van der Waals surface area (Å²) in [5, 5.41) is 9.01. The molecule has 1 aromatic carbocycles. The van der Waals surface area contributed by atoms with Crippen molar-refractivity contribution in [3.05, 3.63) is 29.8 Å². The lowest BCUT2D eigenvalue weighted by Crippen LogP contribution is -2.35. The molecule has 1 aromatic rings. The Hall–Kier alpha value is -1.07. The van der Waals surface area contributed by atoms with E-state index in [1.165, 1.54) is 4.31 Å². The van der Waals surface area contributed by atoms with E-state index in [0.29, 0.717) is 12.1 Å². The number of rotatable bonds is 6. The lowest BCUT2D eigenvalue weighted by molar-refractivity contribution is 0.306. The molecule has 0 saturated carbocycles. The molecule has 0 aliphatic heterocycles. The van der Waals surface area contributed by atoms with E-state index >= 15 is 0 Å². The summed E-state index contributed by atoms with van der Waals surface area (Å²) in [6.07, 6.45) is 0.566. The van der Waals surface area contributed by atoms with E-state index in [0.717, 1.165) is 5.56 Å². The van der Waals surface area contributed by atoms with E-state index in [1.54, 1.807) is 12.1 Å². The maximum Gasteiger partial charge on any atom is 0.235 e. The summed E-state index contributed by atoms with van der Waals surface area (Å²) in [5.41, 5.74) is 1.54. The normalized spacial score (nSPS) is 11.5. The summed E-state index contributed by atoms with van der Waals surface area (Å²) in [6, 6.07) is 7.29. The quantitative estimate of drug-likeness (QED) is 0.841. The Balaban J connectivity index is 3.14. The smallest absolute Gasteiger partial charge is 0.235 e. The number of sulfonamides is 1. The van der Waals surface area contributed by atoms with Crippen LogP contribution in [0.15, 0.2) is 24.3 Å². The molecule has 5 heteroatoms. The second-order valence-electron chi connectivity index (χ2n) is 3.90. The number of anilines is 1. The topological polar surface area (TPSA) is 57.6 Å². The predicted molar refractivity (Wildman–Crippen MR) is 69.7 cm³/mol. The first-order valence-electron chi connectivity index (χ1n) is 5.70. The maximum atomic E-state index is 12.1. The van der Waals surface area contributed by atoms with Gasteiger partial charge in [0.05, 0.1) is 24.6 Å². The van der Waals surface area contributed by atoms with Gasteiger partial charge in [0, 0.05) is 0 Å². The van der Waals surface area contributed by atoms with Gasteiger partial charge in [0.2, 0.25) is 10.0 Å². The minimum atomic E-state index is -3.34. The van der Waals surface area contributed by atoms with Gasteiger partial charge in [-0.05, 0) is 25.0 Å². The molecule has 4 nitrogen and oxygen atoms in total. The van der Waals surface area contributed by atoms with Crippen LogP contribution in [0, 0.1) is 6.92 Å². The third kappa shape index (κ3) is 3.44. The zero-order chi connectivity index (χ0) is 12.9. The van der Waals surface area contributed by atoms with Crippen LogP contribution < -0.4 is 4.31 Å². The van der Waals surface area contributed by atoms with Crippen LogP contribution in [0.2, 0.25) is 0 Å². The first kappa shape index (κ1) is 14.0. The molecule has 0 fully saturated rings. The second-order valence-corrected chi connectivity index (χ2v) is 5.91. The third-order valence-electron chi connectivity index (χ3n) is 2.49. The summed E-state index contributed by atoms with van der Waals surface area (Å²) in [7, 11) is -3.34. The molecule has 0 heterocycles. The molecule has 96 valence electrons. The Morgan fingerprint density at radius 3 is 2.47 bits per heavy atom. The number of nitrogens with zero attached hydrogens (tertiary/aromatic N) is 1. The highest BCUT2D eigenvalue weighted by Crippen LogP contribution is 2.22. The van der Waals surface area contributed by atoms with Gasteiger partial charge in [-0.25, -0.2) is 8.42 Å². The van der Waals surface area contributed by atoms with Gasteiger partial charge < -0.3 is 5.11 Å². The molecule has 0 amide bonds.